The van der Waals surface area contributed by atoms with Crippen molar-refractivity contribution < 1.29 is 13.2 Å². The molecule has 0 aliphatic rings. The first-order valence-electron chi connectivity index (χ1n) is 4.78. The Morgan fingerprint density at radius 1 is 1.13 bits per heavy atom. The molecule has 0 bridgehead atoms. The average molecular weight is 218 g/mol. The zero-order valence-electron chi connectivity index (χ0n) is 8.22. The second-order valence-electron chi connectivity index (χ2n) is 3.23. The van der Waals surface area contributed by atoms with E-state index in [1.165, 1.54) is 0 Å². The monoisotopic (exact) mass is 218 g/mol. The van der Waals surface area contributed by atoms with Gasteiger partial charge in [0.25, 0.3) is 0 Å². The van der Waals surface area contributed by atoms with Gasteiger partial charge in [0.2, 0.25) is 0 Å². The Hall–Kier alpha value is -1.26. The van der Waals surface area contributed by atoms with E-state index in [4.69, 9.17) is 0 Å². The molecule has 0 atom stereocenters. The largest absolute Gasteiger partial charge is 0.389 e. The summed E-state index contributed by atoms with van der Waals surface area (Å²) in [5.74, 6) is 0. The van der Waals surface area contributed by atoms with E-state index in [2.05, 4.69) is 10.3 Å². The van der Waals surface area contributed by atoms with Crippen LogP contribution < -0.4 is 5.32 Å². The van der Waals surface area contributed by atoms with E-state index in [9.17, 15) is 13.2 Å². The first kappa shape index (κ1) is 11.8. The summed E-state index contributed by atoms with van der Waals surface area (Å²) in [6.07, 6.45) is -0.777. The molecule has 1 rings (SSSR count). The molecule has 0 unspecified atom stereocenters. The molecule has 0 aromatic carbocycles. The zero-order chi connectivity index (χ0) is 11.1. The Labute approximate surface area is 86.5 Å². The number of rotatable bonds is 5. The van der Waals surface area contributed by atoms with Crippen LogP contribution in [0.1, 0.15) is 19.3 Å². The lowest BCUT2D eigenvalue weighted by atomic mass is 10.2. The van der Waals surface area contributed by atoms with Crippen LogP contribution >= 0.6 is 0 Å². The van der Waals surface area contributed by atoms with Gasteiger partial charge < -0.3 is 5.32 Å². The highest BCUT2D eigenvalue weighted by Gasteiger charge is 2.25. The molecule has 5 heteroatoms. The minimum Gasteiger partial charge on any atom is -0.385 e. The van der Waals surface area contributed by atoms with Crippen molar-refractivity contribution in [2.75, 3.05) is 11.9 Å². The lowest BCUT2D eigenvalue weighted by Gasteiger charge is -2.07. The van der Waals surface area contributed by atoms with Crippen molar-refractivity contribution in [3.63, 3.8) is 0 Å². The first-order chi connectivity index (χ1) is 7.08. The first-order valence-corrected chi connectivity index (χ1v) is 4.78. The standard InChI is InChI=1S/C10H13F3N2/c11-10(12,13)5-1-2-6-15-9-3-7-14-8-4-9/h3-4,7-8H,1-2,5-6H2,(H,14,15). The molecule has 84 valence electrons. The summed E-state index contributed by atoms with van der Waals surface area (Å²) in [5, 5.41) is 3.02. The van der Waals surface area contributed by atoms with Crippen molar-refractivity contribution in [1.29, 1.82) is 0 Å². The Morgan fingerprint density at radius 2 is 1.80 bits per heavy atom. The Morgan fingerprint density at radius 3 is 2.40 bits per heavy atom. The van der Waals surface area contributed by atoms with Crippen LogP contribution in [0.3, 0.4) is 0 Å². The lowest BCUT2D eigenvalue weighted by molar-refractivity contribution is -0.135. The van der Waals surface area contributed by atoms with Gasteiger partial charge in [0.15, 0.2) is 0 Å². The van der Waals surface area contributed by atoms with E-state index in [1.807, 2.05) is 0 Å². The van der Waals surface area contributed by atoms with E-state index in [1.54, 1.807) is 24.5 Å². The van der Waals surface area contributed by atoms with E-state index in [0.29, 0.717) is 13.0 Å². The third kappa shape index (κ3) is 5.93. The van der Waals surface area contributed by atoms with E-state index in [0.717, 1.165) is 5.69 Å². The van der Waals surface area contributed by atoms with Crippen molar-refractivity contribution in [3.8, 4) is 0 Å². The van der Waals surface area contributed by atoms with Crippen LogP contribution in [0.5, 0.6) is 0 Å². The predicted octanol–water partition coefficient (Wildman–Crippen LogP) is 3.23. The van der Waals surface area contributed by atoms with Gasteiger partial charge in [-0.15, -0.1) is 0 Å². The molecule has 1 aromatic rings. The van der Waals surface area contributed by atoms with Gasteiger partial charge in [0.1, 0.15) is 0 Å². The summed E-state index contributed by atoms with van der Waals surface area (Å²) in [5.41, 5.74) is 0.886. The maximum absolute atomic E-state index is 11.8. The fraction of sp³-hybridized carbons (Fsp3) is 0.500. The normalized spacial score (nSPS) is 11.4. The summed E-state index contributed by atoms with van der Waals surface area (Å²) >= 11 is 0. The summed E-state index contributed by atoms with van der Waals surface area (Å²) in [4.78, 5) is 3.83. The number of hydrogen-bond acceptors (Lipinski definition) is 2. The van der Waals surface area contributed by atoms with Crippen molar-refractivity contribution in [1.82, 2.24) is 4.98 Å². The molecule has 0 amide bonds. The Balaban J connectivity index is 2.08. The number of halogens is 3. The SMILES string of the molecule is FC(F)(F)CCCCNc1ccncc1. The third-order valence-electron chi connectivity index (χ3n) is 1.90. The number of anilines is 1. The lowest BCUT2D eigenvalue weighted by Crippen LogP contribution is -2.08. The predicted molar refractivity (Wildman–Crippen MR) is 52.6 cm³/mol. The van der Waals surface area contributed by atoms with Gasteiger partial charge in [-0.3, -0.25) is 4.98 Å². The zero-order valence-corrected chi connectivity index (χ0v) is 8.22. The highest BCUT2D eigenvalue weighted by molar-refractivity contribution is 5.40. The molecule has 2 nitrogen and oxygen atoms in total. The van der Waals surface area contributed by atoms with Gasteiger partial charge in [-0.25, -0.2) is 0 Å². The molecule has 1 heterocycles. The van der Waals surface area contributed by atoms with Crippen LogP contribution in [0, 0.1) is 0 Å². The van der Waals surface area contributed by atoms with Crippen LogP contribution in [0.25, 0.3) is 0 Å². The smallest absolute Gasteiger partial charge is 0.385 e. The summed E-state index contributed by atoms with van der Waals surface area (Å²) in [6.45, 7) is 0.556. The molecular formula is C10H13F3N2. The van der Waals surface area contributed by atoms with Crippen molar-refractivity contribution in [2.24, 2.45) is 0 Å². The fourth-order valence-corrected chi connectivity index (χ4v) is 1.15. The molecule has 0 saturated carbocycles. The van der Waals surface area contributed by atoms with E-state index in [-0.39, 0.29) is 6.42 Å². The van der Waals surface area contributed by atoms with Crippen LogP contribution in [0.4, 0.5) is 18.9 Å². The van der Waals surface area contributed by atoms with Gasteiger partial charge in [-0.2, -0.15) is 13.2 Å². The molecule has 0 aliphatic carbocycles. The molecule has 0 fully saturated rings. The number of nitrogens with zero attached hydrogens (tertiary/aromatic N) is 1. The number of nitrogens with one attached hydrogen (secondary N) is 1. The minimum absolute atomic E-state index is 0.168. The number of pyridine rings is 1. The number of alkyl halides is 3. The van der Waals surface area contributed by atoms with Gasteiger partial charge in [-0.05, 0) is 25.0 Å². The van der Waals surface area contributed by atoms with Crippen LogP contribution in [-0.2, 0) is 0 Å². The molecule has 0 saturated heterocycles. The number of aromatic nitrogens is 1. The summed E-state index contributed by atoms with van der Waals surface area (Å²) < 4.78 is 35.3. The van der Waals surface area contributed by atoms with E-state index >= 15 is 0 Å². The fourth-order valence-electron chi connectivity index (χ4n) is 1.15. The summed E-state index contributed by atoms with van der Waals surface area (Å²) in [6, 6.07) is 3.56. The topological polar surface area (TPSA) is 24.9 Å². The maximum atomic E-state index is 11.8. The molecule has 15 heavy (non-hydrogen) atoms. The number of unbranched alkanes of at least 4 members (excludes halogenated alkanes) is 1. The van der Waals surface area contributed by atoms with Gasteiger partial charge in [-0.1, -0.05) is 0 Å². The maximum Gasteiger partial charge on any atom is 0.389 e. The van der Waals surface area contributed by atoms with Crippen LogP contribution in [-0.4, -0.2) is 17.7 Å². The third-order valence-corrected chi connectivity index (χ3v) is 1.90. The Kier molecular flexibility index (Phi) is 4.39. The second-order valence-corrected chi connectivity index (χ2v) is 3.23. The highest BCUT2D eigenvalue weighted by atomic mass is 19.4. The quantitative estimate of drug-likeness (QED) is 0.767. The second kappa shape index (κ2) is 5.58. The Bertz CT molecular complexity index is 272. The van der Waals surface area contributed by atoms with Gasteiger partial charge in [0, 0.05) is 31.0 Å². The minimum atomic E-state index is -4.03. The van der Waals surface area contributed by atoms with Crippen LogP contribution in [0.15, 0.2) is 24.5 Å². The molecule has 1 aromatic heterocycles. The molecule has 0 spiro atoms. The van der Waals surface area contributed by atoms with E-state index < -0.39 is 12.6 Å². The molecule has 0 radical (unpaired) electrons. The highest BCUT2D eigenvalue weighted by Crippen LogP contribution is 2.22. The molecule has 0 aliphatic heterocycles. The molecule has 1 N–H and O–H groups in total. The van der Waals surface area contributed by atoms with Crippen molar-refractivity contribution in [2.45, 2.75) is 25.4 Å². The van der Waals surface area contributed by atoms with Crippen molar-refractivity contribution in [3.05, 3.63) is 24.5 Å². The van der Waals surface area contributed by atoms with Gasteiger partial charge in [0.05, 0.1) is 0 Å². The van der Waals surface area contributed by atoms with Crippen molar-refractivity contribution >= 4 is 5.69 Å². The average Bonchev–Trinajstić information content (AvgIpc) is 2.17. The van der Waals surface area contributed by atoms with Gasteiger partial charge >= 0.3 is 6.18 Å². The summed E-state index contributed by atoms with van der Waals surface area (Å²) in [7, 11) is 0. The molecular weight excluding hydrogens is 205 g/mol. The number of hydrogen-bond donors (Lipinski definition) is 1. The van der Waals surface area contributed by atoms with Crippen LogP contribution in [0.2, 0.25) is 0 Å².